The lowest BCUT2D eigenvalue weighted by atomic mass is 10.2. The Morgan fingerprint density at radius 3 is 2.42 bits per heavy atom. The van der Waals surface area contributed by atoms with Gasteiger partial charge in [-0.3, -0.25) is 4.79 Å². The summed E-state index contributed by atoms with van der Waals surface area (Å²) in [5.74, 6) is 1.19. The maximum absolute atomic E-state index is 11.7. The van der Waals surface area contributed by atoms with Gasteiger partial charge in [-0.15, -0.1) is 0 Å². The first-order valence-corrected chi connectivity index (χ1v) is 6.01. The quantitative estimate of drug-likeness (QED) is 0.913. The second-order valence-corrected chi connectivity index (χ2v) is 4.04. The summed E-state index contributed by atoms with van der Waals surface area (Å²) >= 11 is 0. The van der Waals surface area contributed by atoms with Crippen molar-refractivity contribution in [1.29, 1.82) is 0 Å². The smallest absolute Gasteiger partial charge is 0.240 e. The van der Waals surface area contributed by atoms with Crippen molar-refractivity contribution in [1.82, 2.24) is 0 Å². The Morgan fingerprint density at radius 2 is 1.74 bits per heavy atom. The molecule has 4 heteroatoms. The molecule has 1 amide bonds. The second kappa shape index (κ2) is 6.02. The third kappa shape index (κ3) is 3.11. The zero-order valence-corrected chi connectivity index (χ0v) is 10.7. The number of benzene rings is 2. The topological polar surface area (TPSA) is 55.6 Å². The van der Waals surface area contributed by atoms with E-state index in [1.54, 1.807) is 7.05 Å². The highest BCUT2D eigenvalue weighted by atomic mass is 16.5. The van der Waals surface area contributed by atoms with Crippen molar-refractivity contribution in [2.45, 2.75) is 0 Å². The third-order valence-electron chi connectivity index (χ3n) is 2.75. The van der Waals surface area contributed by atoms with Crippen molar-refractivity contribution in [3.63, 3.8) is 0 Å². The van der Waals surface area contributed by atoms with Crippen molar-refractivity contribution in [2.75, 3.05) is 18.5 Å². The number of amides is 1. The van der Waals surface area contributed by atoms with E-state index < -0.39 is 0 Å². The number of ether oxygens (including phenoxy) is 1. The molecule has 2 aromatic rings. The average Bonchev–Trinajstić information content (AvgIpc) is 2.47. The highest BCUT2D eigenvalue weighted by molar-refractivity contribution is 5.95. The van der Waals surface area contributed by atoms with Gasteiger partial charge in [0.2, 0.25) is 5.91 Å². The molecule has 0 fully saturated rings. The average molecular weight is 256 g/mol. The summed E-state index contributed by atoms with van der Waals surface area (Å²) in [6.07, 6.45) is 0. The Bertz CT molecular complexity index is 555. The molecule has 0 atom stereocenters. The minimum atomic E-state index is -0.163. The summed E-state index contributed by atoms with van der Waals surface area (Å²) in [6.45, 7) is -0.0316. The van der Waals surface area contributed by atoms with Gasteiger partial charge in [-0.1, -0.05) is 30.3 Å². The lowest BCUT2D eigenvalue weighted by molar-refractivity contribution is -0.117. The predicted molar refractivity (Wildman–Crippen MR) is 75.4 cm³/mol. The van der Waals surface area contributed by atoms with Crippen molar-refractivity contribution < 1.29 is 9.53 Å². The Morgan fingerprint density at radius 1 is 1.11 bits per heavy atom. The van der Waals surface area contributed by atoms with Crippen molar-refractivity contribution >= 4 is 11.6 Å². The maximum Gasteiger partial charge on any atom is 0.240 e. The number of hydrogen-bond donors (Lipinski definition) is 1. The molecule has 0 radical (unpaired) electrons. The van der Waals surface area contributed by atoms with E-state index in [0.717, 1.165) is 5.75 Å². The van der Waals surface area contributed by atoms with Crippen LogP contribution in [-0.2, 0) is 4.79 Å². The van der Waals surface area contributed by atoms with Gasteiger partial charge in [0, 0.05) is 7.05 Å². The Hall–Kier alpha value is -2.33. The van der Waals surface area contributed by atoms with Crippen LogP contribution in [0.2, 0.25) is 0 Å². The molecule has 2 rings (SSSR count). The molecule has 19 heavy (non-hydrogen) atoms. The molecule has 0 aliphatic carbocycles. The maximum atomic E-state index is 11.7. The van der Waals surface area contributed by atoms with E-state index in [1.807, 2.05) is 54.6 Å². The van der Waals surface area contributed by atoms with Crippen molar-refractivity contribution in [2.24, 2.45) is 5.73 Å². The van der Waals surface area contributed by atoms with Crippen LogP contribution in [0.5, 0.6) is 11.5 Å². The summed E-state index contributed by atoms with van der Waals surface area (Å²) in [5, 5.41) is 0. The Labute approximate surface area is 112 Å². The molecule has 98 valence electrons. The van der Waals surface area contributed by atoms with Gasteiger partial charge in [-0.25, -0.2) is 0 Å². The Balaban J connectivity index is 2.29. The van der Waals surface area contributed by atoms with Crippen molar-refractivity contribution in [3.05, 3.63) is 54.6 Å². The van der Waals surface area contributed by atoms with E-state index >= 15 is 0 Å². The van der Waals surface area contributed by atoms with Crippen LogP contribution < -0.4 is 15.4 Å². The number of nitrogens with zero attached hydrogens (tertiary/aromatic N) is 1. The van der Waals surface area contributed by atoms with Gasteiger partial charge in [0.25, 0.3) is 0 Å². The molecular weight excluding hydrogens is 240 g/mol. The van der Waals surface area contributed by atoms with Gasteiger partial charge in [-0.2, -0.15) is 0 Å². The summed E-state index contributed by atoms with van der Waals surface area (Å²) in [4.78, 5) is 13.2. The molecule has 0 aromatic heterocycles. The molecule has 2 aromatic carbocycles. The van der Waals surface area contributed by atoms with Gasteiger partial charge in [0.1, 0.15) is 5.75 Å². The first-order valence-electron chi connectivity index (χ1n) is 6.01. The van der Waals surface area contributed by atoms with Gasteiger partial charge >= 0.3 is 0 Å². The minimum Gasteiger partial charge on any atom is -0.455 e. The monoisotopic (exact) mass is 256 g/mol. The van der Waals surface area contributed by atoms with Gasteiger partial charge in [0.05, 0.1) is 12.2 Å². The molecule has 0 heterocycles. The fourth-order valence-electron chi connectivity index (χ4n) is 1.71. The molecule has 0 saturated carbocycles. The number of likely N-dealkylation sites (N-methyl/N-ethyl adjacent to an activating group) is 1. The second-order valence-electron chi connectivity index (χ2n) is 4.04. The van der Waals surface area contributed by atoms with Gasteiger partial charge in [-0.05, 0) is 24.3 Å². The molecule has 4 nitrogen and oxygen atoms in total. The Kier molecular flexibility index (Phi) is 4.15. The van der Waals surface area contributed by atoms with Crippen LogP contribution in [0.4, 0.5) is 5.69 Å². The van der Waals surface area contributed by atoms with Crippen LogP contribution in [0.3, 0.4) is 0 Å². The number of nitrogens with two attached hydrogens (primary N) is 1. The fraction of sp³-hybridized carbons (Fsp3) is 0.133. The zero-order chi connectivity index (χ0) is 13.7. The van der Waals surface area contributed by atoms with E-state index in [2.05, 4.69) is 0 Å². The van der Waals surface area contributed by atoms with Crippen molar-refractivity contribution in [3.8, 4) is 11.5 Å². The van der Waals surface area contributed by atoms with Crippen LogP contribution >= 0.6 is 0 Å². The predicted octanol–water partition coefficient (Wildman–Crippen LogP) is 2.40. The van der Waals surface area contributed by atoms with Gasteiger partial charge < -0.3 is 15.4 Å². The fourth-order valence-corrected chi connectivity index (χ4v) is 1.71. The lowest BCUT2D eigenvalue weighted by Gasteiger charge is -2.19. The summed E-state index contributed by atoms with van der Waals surface area (Å²) in [7, 11) is 1.68. The van der Waals surface area contributed by atoms with Gasteiger partial charge in [0.15, 0.2) is 5.75 Å². The van der Waals surface area contributed by atoms with Crippen LogP contribution in [0.25, 0.3) is 0 Å². The standard InChI is InChI=1S/C15H16N2O2/c1-17(15(18)11-16)13-9-5-6-10-14(13)19-12-7-3-2-4-8-12/h2-10H,11,16H2,1H3. The summed E-state index contributed by atoms with van der Waals surface area (Å²) < 4.78 is 5.79. The third-order valence-corrected chi connectivity index (χ3v) is 2.75. The van der Waals surface area contributed by atoms with E-state index in [1.165, 1.54) is 4.90 Å². The molecule has 0 saturated heterocycles. The number of carbonyl (C=O) groups is 1. The molecule has 0 aliphatic rings. The largest absolute Gasteiger partial charge is 0.455 e. The summed E-state index contributed by atoms with van der Waals surface area (Å²) in [6, 6.07) is 16.8. The number of para-hydroxylation sites is 3. The first kappa shape index (κ1) is 13.1. The molecule has 0 aliphatic heterocycles. The van der Waals surface area contributed by atoms with Crippen LogP contribution in [0.1, 0.15) is 0 Å². The molecule has 0 bridgehead atoms. The highest BCUT2D eigenvalue weighted by Crippen LogP contribution is 2.31. The molecular formula is C15H16N2O2. The molecule has 0 unspecified atom stereocenters. The number of carbonyl (C=O) groups excluding carboxylic acids is 1. The SMILES string of the molecule is CN(C(=O)CN)c1ccccc1Oc1ccccc1. The number of hydrogen-bond acceptors (Lipinski definition) is 3. The lowest BCUT2D eigenvalue weighted by Crippen LogP contribution is -2.32. The van der Waals surface area contributed by atoms with E-state index in [0.29, 0.717) is 11.4 Å². The first-order chi connectivity index (χ1) is 9.22. The minimum absolute atomic E-state index is 0.0316. The van der Waals surface area contributed by atoms with Crippen LogP contribution in [-0.4, -0.2) is 19.5 Å². The van der Waals surface area contributed by atoms with E-state index in [-0.39, 0.29) is 12.5 Å². The van der Waals surface area contributed by atoms with E-state index in [9.17, 15) is 4.79 Å². The summed E-state index contributed by atoms with van der Waals surface area (Å²) in [5.41, 5.74) is 6.08. The number of rotatable bonds is 4. The molecule has 0 spiro atoms. The number of anilines is 1. The zero-order valence-electron chi connectivity index (χ0n) is 10.7. The van der Waals surface area contributed by atoms with E-state index in [4.69, 9.17) is 10.5 Å². The van der Waals surface area contributed by atoms with Crippen LogP contribution in [0.15, 0.2) is 54.6 Å². The molecule has 2 N–H and O–H groups in total. The van der Waals surface area contributed by atoms with Crippen LogP contribution in [0, 0.1) is 0 Å². The highest BCUT2D eigenvalue weighted by Gasteiger charge is 2.13. The normalized spacial score (nSPS) is 10.0.